The van der Waals surface area contributed by atoms with Gasteiger partial charge in [-0.1, -0.05) is 0 Å². The first-order valence-electron chi connectivity index (χ1n) is 8.41. The second-order valence-electron chi connectivity index (χ2n) is 6.20. The van der Waals surface area contributed by atoms with E-state index in [-0.39, 0.29) is 23.7 Å². The molecule has 0 radical (unpaired) electrons. The smallest absolute Gasteiger partial charge is 0.245 e. The van der Waals surface area contributed by atoms with Crippen LogP contribution >= 0.6 is 0 Å². The molecule has 2 atom stereocenters. The van der Waals surface area contributed by atoms with Gasteiger partial charge in [0.1, 0.15) is 12.1 Å². The molecule has 9 heteroatoms. The number of nitrogens with zero attached hydrogens (tertiary/aromatic N) is 2. The molecule has 9 nitrogen and oxygen atoms in total. The molecule has 0 saturated carbocycles. The molecule has 2 rings (SSSR count). The standard InChI is InChI=1S/C15H26N6O3/c16-15(17)18-7-3-4-11(14(24)21-8-1-2-9-21)20-13(23)10-5-6-12(22)19-10/h10-11H,1-9H2,(H,19,22)(H,20,23)(H4,16,17,18). The molecule has 0 bridgehead atoms. The van der Waals surface area contributed by atoms with Crippen LogP contribution in [0.25, 0.3) is 0 Å². The second kappa shape index (κ2) is 8.51. The normalized spacial score (nSPS) is 21.2. The third-order valence-corrected chi connectivity index (χ3v) is 4.29. The quantitative estimate of drug-likeness (QED) is 0.252. The van der Waals surface area contributed by atoms with E-state index < -0.39 is 12.1 Å². The highest BCUT2D eigenvalue weighted by Gasteiger charge is 2.32. The molecule has 2 heterocycles. The lowest BCUT2D eigenvalue weighted by molar-refractivity contribution is -0.136. The van der Waals surface area contributed by atoms with Crippen molar-refractivity contribution in [2.45, 2.75) is 50.6 Å². The molecule has 0 aromatic rings. The van der Waals surface area contributed by atoms with Crippen LogP contribution in [0, 0.1) is 0 Å². The monoisotopic (exact) mass is 338 g/mol. The molecule has 0 aliphatic carbocycles. The van der Waals surface area contributed by atoms with Crippen molar-refractivity contribution in [3.63, 3.8) is 0 Å². The zero-order valence-electron chi connectivity index (χ0n) is 13.8. The third-order valence-electron chi connectivity index (χ3n) is 4.29. The molecule has 2 aliphatic heterocycles. The van der Waals surface area contributed by atoms with Gasteiger partial charge in [-0.15, -0.1) is 0 Å². The minimum absolute atomic E-state index is 0.00937. The number of nitrogens with one attached hydrogen (secondary N) is 2. The summed E-state index contributed by atoms with van der Waals surface area (Å²) in [5.41, 5.74) is 10.6. The summed E-state index contributed by atoms with van der Waals surface area (Å²) >= 11 is 0. The summed E-state index contributed by atoms with van der Waals surface area (Å²) < 4.78 is 0. The number of rotatable bonds is 7. The highest BCUT2D eigenvalue weighted by atomic mass is 16.2. The Morgan fingerprint density at radius 3 is 2.62 bits per heavy atom. The zero-order valence-corrected chi connectivity index (χ0v) is 13.8. The van der Waals surface area contributed by atoms with Gasteiger partial charge < -0.3 is 27.0 Å². The van der Waals surface area contributed by atoms with Crippen LogP contribution in [0.2, 0.25) is 0 Å². The van der Waals surface area contributed by atoms with Crippen LogP contribution in [0.5, 0.6) is 0 Å². The topological polar surface area (TPSA) is 143 Å². The molecule has 0 aromatic carbocycles. The van der Waals surface area contributed by atoms with Crippen molar-refractivity contribution in [2.75, 3.05) is 19.6 Å². The lowest BCUT2D eigenvalue weighted by Gasteiger charge is -2.25. The van der Waals surface area contributed by atoms with Crippen LogP contribution in [-0.2, 0) is 14.4 Å². The van der Waals surface area contributed by atoms with Gasteiger partial charge in [-0.3, -0.25) is 19.4 Å². The number of amides is 3. The molecule has 24 heavy (non-hydrogen) atoms. The largest absolute Gasteiger partial charge is 0.370 e. The molecule has 6 N–H and O–H groups in total. The van der Waals surface area contributed by atoms with Gasteiger partial charge in [-0.05, 0) is 32.1 Å². The van der Waals surface area contributed by atoms with E-state index in [0.717, 1.165) is 25.9 Å². The highest BCUT2D eigenvalue weighted by molar-refractivity contribution is 5.94. The predicted octanol–water partition coefficient (Wildman–Crippen LogP) is -1.57. The van der Waals surface area contributed by atoms with E-state index in [1.54, 1.807) is 4.90 Å². The Morgan fingerprint density at radius 1 is 1.33 bits per heavy atom. The number of hydrogen-bond donors (Lipinski definition) is 4. The van der Waals surface area contributed by atoms with Gasteiger partial charge in [-0.2, -0.15) is 0 Å². The van der Waals surface area contributed by atoms with Crippen LogP contribution in [0.1, 0.15) is 38.5 Å². The summed E-state index contributed by atoms with van der Waals surface area (Å²) in [6.07, 6.45) is 3.81. The lowest BCUT2D eigenvalue weighted by atomic mass is 10.1. The Balaban J connectivity index is 1.92. The fraction of sp³-hybridized carbons (Fsp3) is 0.733. The summed E-state index contributed by atoms with van der Waals surface area (Å²) in [7, 11) is 0. The maximum Gasteiger partial charge on any atom is 0.245 e. The zero-order chi connectivity index (χ0) is 17.5. The first kappa shape index (κ1) is 18.0. The second-order valence-corrected chi connectivity index (χ2v) is 6.20. The van der Waals surface area contributed by atoms with Crippen molar-refractivity contribution in [3.05, 3.63) is 0 Å². The summed E-state index contributed by atoms with van der Waals surface area (Å²) in [5, 5.41) is 5.41. The maximum absolute atomic E-state index is 12.6. The first-order chi connectivity index (χ1) is 11.5. The molecular weight excluding hydrogens is 312 g/mol. The number of aliphatic imine (C=N–C) groups is 1. The molecule has 2 fully saturated rings. The molecule has 0 spiro atoms. The van der Waals surface area contributed by atoms with Gasteiger partial charge in [0.2, 0.25) is 17.7 Å². The van der Waals surface area contributed by atoms with Crippen LogP contribution in [0.15, 0.2) is 4.99 Å². The highest BCUT2D eigenvalue weighted by Crippen LogP contribution is 2.13. The average molecular weight is 338 g/mol. The summed E-state index contributed by atoms with van der Waals surface area (Å²) in [4.78, 5) is 41.9. The van der Waals surface area contributed by atoms with E-state index in [1.807, 2.05) is 0 Å². The number of likely N-dealkylation sites (tertiary alicyclic amines) is 1. The van der Waals surface area contributed by atoms with Gasteiger partial charge >= 0.3 is 0 Å². The molecule has 2 saturated heterocycles. The van der Waals surface area contributed by atoms with E-state index in [9.17, 15) is 14.4 Å². The number of nitrogens with two attached hydrogens (primary N) is 2. The lowest BCUT2D eigenvalue weighted by Crippen LogP contribution is -2.52. The Bertz CT molecular complexity index is 511. The molecule has 3 amide bonds. The number of hydrogen-bond acceptors (Lipinski definition) is 4. The van der Waals surface area contributed by atoms with E-state index in [4.69, 9.17) is 11.5 Å². The van der Waals surface area contributed by atoms with E-state index in [0.29, 0.717) is 32.2 Å². The van der Waals surface area contributed by atoms with Crippen molar-refractivity contribution in [2.24, 2.45) is 16.5 Å². The van der Waals surface area contributed by atoms with Crippen molar-refractivity contribution in [1.82, 2.24) is 15.5 Å². The minimum Gasteiger partial charge on any atom is -0.370 e. The van der Waals surface area contributed by atoms with Gasteiger partial charge in [0.15, 0.2) is 5.96 Å². The minimum atomic E-state index is -0.609. The first-order valence-corrected chi connectivity index (χ1v) is 8.41. The summed E-state index contributed by atoms with van der Waals surface area (Å²) in [5.74, 6) is -0.504. The van der Waals surface area contributed by atoms with Crippen LogP contribution in [0.3, 0.4) is 0 Å². The van der Waals surface area contributed by atoms with Crippen LogP contribution in [-0.4, -0.2) is 60.3 Å². The van der Waals surface area contributed by atoms with Gasteiger partial charge in [0, 0.05) is 26.1 Å². The maximum atomic E-state index is 12.6. The van der Waals surface area contributed by atoms with E-state index in [2.05, 4.69) is 15.6 Å². The molecular formula is C15H26N6O3. The Morgan fingerprint density at radius 2 is 2.04 bits per heavy atom. The molecule has 0 aromatic heterocycles. The van der Waals surface area contributed by atoms with Crippen molar-refractivity contribution in [3.8, 4) is 0 Å². The van der Waals surface area contributed by atoms with Crippen LogP contribution in [0.4, 0.5) is 0 Å². The molecule has 2 unspecified atom stereocenters. The fourth-order valence-corrected chi connectivity index (χ4v) is 3.00. The van der Waals surface area contributed by atoms with Gasteiger partial charge in [0.25, 0.3) is 0 Å². The van der Waals surface area contributed by atoms with Gasteiger partial charge in [-0.25, -0.2) is 0 Å². The van der Waals surface area contributed by atoms with Gasteiger partial charge in [0.05, 0.1) is 0 Å². The number of guanidine groups is 1. The summed E-state index contributed by atoms with van der Waals surface area (Å²) in [6.45, 7) is 1.85. The molecule has 134 valence electrons. The van der Waals surface area contributed by atoms with Crippen molar-refractivity contribution >= 4 is 23.7 Å². The average Bonchev–Trinajstić information content (AvgIpc) is 3.20. The number of carbonyl (C=O) groups excluding carboxylic acids is 3. The number of carbonyl (C=O) groups is 3. The van der Waals surface area contributed by atoms with Crippen LogP contribution < -0.4 is 22.1 Å². The Labute approximate surface area is 141 Å². The molecule has 2 aliphatic rings. The van der Waals surface area contributed by atoms with Crippen molar-refractivity contribution in [1.29, 1.82) is 0 Å². The predicted molar refractivity (Wildman–Crippen MR) is 88.8 cm³/mol. The van der Waals surface area contributed by atoms with Crippen molar-refractivity contribution < 1.29 is 14.4 Å². The van der Waals surface area contributed by atoms with E-state index >= 15 is 0 Å². The fourth-order valence-electron chi connectivity index (χ4n) is 3.00. The summed E-state index contributed by atoms with van der Waals surface area (Å²) in [6, 6.07) is -1.16. The SMILES string of the molecule is NC(N)=NCCCC(NC(=O)C1CCC(=O)N1)C(=O)N1CCCC1. The Hall–Kier alpha value is -2.32. The van der Waals surface area contributed by atoms with E-state index in [1.165, 1.54) is 0 Å². The Kier molecular flexibility index (Phi) is 6.39. The third kappa shape index (κ3) is 5.10.